The first-order chi connectivity index (χ1) is 6.62. The molecule has 1 aliphatic heterocycles. The Labute approximate surface area is 84.9 Å². The lowest BCUT2D eigenvalue weighted by Gasteiger charge is -2.52. The lowest BCUT2D eigenvalue weighted by atomic mass is 9.66. The minimum atomic E-state index is 0.0629. The van der Waals surface area contributed by atoms with Gasteiger partial charge in [0.2, 0.25) is 0 Å². The van der Waals surface area contributed by atoms with E-state index in [4.69, 9.17) is 4.74 Å². The molecule has 0 saturated carbocycles. The van der Waals surface area contributed by atoms with Crippen LogP contribution < -0.4 is 5.32 Å². The molecule has 1 aromatic rings. The third kappa shape index (κ3) is 1.12. The molecule has 3 heteroatoms. The third-order valence-electron chi connectivity index (χ3n) is 3.67. The summed E-state index contributed by atoms with van der Waals surface area (Å²) in [6.45, 7) is 6.06. The first-order valence-electron chi connectivity index (χ1n) is 5.02. The minimum Gasteiger partial charge on any atom is -0.379 e. The Morgan fingerprint density at radius 1 is 1.50 bits per heavy atom. The maximum Gasteiger partial charge on any atom is 0.0611 e. The van der Waals surface area contributed by atoms with E-state index in [1.807, 2.05) is 13.2 Å². The van der Waals surface area contributed by atoms with Gasteiger partial charge in [-0.3, -0.25) is 0 Å². The molecule has 3 nitrogen and oxygen atoms in total. The van der Waals surface area contributed by atoms with Crippen molar-refractivity contribution in [3.63, 3.8) is 0 Å². The number of hydrogen-bond donors (Lipinski definition) is 2. The van der Waals surface area contributed by atoms with E-state index in [-0.39, 0.29) is 11.0 Å². The van der Waals surface area contributed by atoms with Crippen LogP contribution in [0.3, 0.4) is 0 Å². The quantitative estimate of drug-likeness (QED) is 0.760. The smallest absolute Gasteiger partial charge is 0.0611 e. The molecule has 1 saturated heterocycles. The molecule has 2 rings (SSSR count). The lowest BCUT2D eigenvalue weighted by molar-refractivity contribution is -0.0990. The van der Waals surface area contributed by atoms with Crippen LogP contribution in [0.15, 0.2) is 18.5 Å². The first-order valence-corrected chi connectivity index (χ1v) is 5.02. The van der Waals surface area contributed by atoms with Crippen LogP contribution >= 0.6 is 0 Å². The van der Waals surface area contributed by atoms with Gasteiger partial charge in [0.05, 0.1) is 18.6 Å². The van der Waals surface area contributed by atoms with Gasteiger partial charge in [-0.05, 0) is 32.5 Å². The Balaban J connectivity index is 2.36. The van der Waals surface area contributed by atoms with Crippen LogP contribution in [-0.4, -0.2) is 30.8 Å². The molecule has 1 aromatic heterocycles. The van der Waals surface area contributed by atoms with Crippen molar-refractivity contribution in [3.05, 3.63) is 24.0 Å². The fourth-order valence-corrected chi connectivity index (χ4v) is 2.06. The van der Waals surface area contributed by atoms with E-state index in [0.29, 0.717) is 0 Å². The van der Waals surface area contributed by atoms with Gasteiger partial charge in [0, 0.05) is 17.9 Å². The molecule has 0 spiro atoms. The Bertz CT molecular complexity index is 299. The molecule has 0 aliphatic carbocycles. The number of rotatable bonds is 3. The molecule has 1 aliphatic rings. The second kappa shape index (κ2) is 3.11. The van der Waals surface area contributed by atoms with Crippen molar-refractivity contribution < 1.29 is 4.74 Å². The zero-order valence-electron chi connectivity index (χ0n) is 9.05. The van der Waals surface area contributed by atoms with Crippen molar-refractivity contribution in [3.8, 4) is 0 Å². The van der Waals surface area contributed by atoms with Crippen molar-refractivity contribution in [2.75, 3.05) is 20.3 Å². The van der Waals surface area contributed by atoms with Gasteiger partial charge in [0.1, 0.15) is 0 Å². The van der Waals surface area contributed by atoms with Crippen molar-refractivity contribution in [2.24, 2.45) is 0 Å². The summed E-state index contributed by atoms with van der Waals surface area (Å²) in [5, 5.41) is 3.38. The molecule has 1 fully saturated rings. The fourth-order valence-electron chi connectivity index (χ4n) is 2.06. The van der Waals surface area contributed by atoms with Gasteiger partial charge < -0.3 is 15.0 Å². The molecule has 78 valence electrons. The normalized spacial score (nSPS) is 20.5. The number of ether oxygens (including phenoxy) is 1. The van der Waals surface area contributed by atoms with Crippen LogP contribution in [0.25, 0.3) is 0 Å². The zero-order chi connectivity index (χ0) is 10.2. The number of H-pyrrole nitrogens is 1. The molecular formula is C11H18N2O. The van der Waals surface area contributed by atoms with Crippen molar-refractivity contribution in [2.45, 2.75) is 24.8 Å². The topological polar surface area (TPSA) is 37.0 Å². The number of likely N-dealkylation sites (N-methyl/N-ethyl adjacent to an activating group) is 1. The molecule has 2 heterocycles. The van der Waals surface area contributed by atoms with Gasteiger partial charge in [0.15, 0.2) is 0 Å². The average Bonchev–Trinajstić information content (AvgIpc) is 2.55. The van der Waals surface area contributed by atoms with Crippen LogP contribution in [-0.2, 0) is 10.2 Å². The highest BCUT2D eigenvalue weighted by Gasteiger charge is 2.51. The molecule has 0 amide bonds. The predicted molar refractivity (Wildman–Crippen MR) is 56.4 cm³/mol. The third-order valence-corrected chi connectivity index (χ3v) is 3.67. The second-order valence-corrected chi connectivity index (χ2v) is 4.55. The molecule has 0 bridgehead atoms. The van der Waals surface area contributed by atoms with E-state index >= 15 is 0 Å². The van der Waals surface area contributed by atoms with Crippen molar-refractivity contribution in [1.82, 2.24) is 10.3 Å². The lowest BCUT2D eigenvalue weighted by Crippen LogP contribution is -2.65. The van der Waals surface area contributed by atoms with Crippen molar-refractivity contribution in [1.29, 1.82) is 0 Å². The summed E-state index contributed by atoms with van der Waals surface area (Å²) in [5.74, 6) is 0. The van der Waals surface area contributed by atoms with Gasteiger partial charge in [-0.1, -0.05) is 0 Å². The fraction of sp³-hybridized carbons (Fsp3) is 0.636. The van der Waals surface area contributed by atoms with E-state index < -0.39 is 0 Å². The molecule has 0 radical (unpaired) electrons. The Morgan fingerprint density at radius 3 is 2.57 bits per heavy atom. The highest BCUT2D eigenvalue weighted by atomic mass is 16.5. The Morgan fingerprint density at radius 2 is 2.21 bits per heavy atom. The maximum atomic E-state index is 5.40. The summed E-state index contributed by atoms with van der Waals surface area (Å²) < 4.78 is 5.40. The summed E-state index contributed by atoms with van der Waals surface area (Å²) in [5.41, 5.74) is 1.53. The molecule has 0 aromatic carbocycles. The average molecular weight is 194 g/mol. The Hall–Kier alpha value is -0.800. The van der Waals surface area contributed by atoms with Gasteiger partial charge in [-0.25, -0.2) is 0 Å². The van der Waals surface area contributed by atoms with Crippen LogP contribution in [0.2, 0.25) is 0 Å². The summed E-state index contributed by atoms with van der Waals surface area (Å²) in [6, 6.07) is 2.14. The largest absolute Gasteiger partial charge is 0.379 e. The second-order valence-electron chi connectivity index (χ2n) is 4.55. The van der Waals surface area contributed by atoms with E-state index in [2.05, 4.69) is 36.4 Å². The number of hydrogen-bond acceptors (Lipinski definition) is 2. The van der Waals surface area contributed by atoms with E-state index in [1.165, 1.54) is 5.56 Å². The van der Waals surface area contributed by atoms with Crippen LogP contribution in [0.5, 0.6) is 0 Å². The summed E-state index contributed by atoms with van der Waals surface area (Å²) in [4.78, 5) is 3.12. The zero-order valence-corrected chi connectivity index (χ0v) is 9.05. The predicted octanol–water partition coefficient (Wildman–Crippen LogP) is 1.28. The molecule has 0 unspecified atom stereocenters. The maximum absolute atomic E-state index is 5.40. The molecule has 0 atom stereocenters. The number of aromatic amines is 1. The van der Waals surface area contributed by atoms with E-state index in [9.17, 15) is 0 Å². The highest BCUT2D eigenvalue weighted by molar-refractivity contribution is 5.31. The summed E-state index contributed by atoms with van der Waals surface area (Å²) in [6.07, 6.45) is 4.04. The van der Waals surface area contributed by atoms with Gasteiger partial charge in [0.25, 0.3) is 0 Å². The Kier molecular flexibility index (Phi) is 2.16. The molecule has 2 N–H and O–H groups in total. The number of nitrogens with one attached hydrogen (secondary N) is 2. The van der Waals surface area contributed by atoms with Crippen LogP contribution in [0, 0.1) is 0 Å². The van der Waals surface area contributed by atoms with Crippen molar-refractivity contribution >= 4 is 0 Å². The van der Waals surface area contributed by atoms with Gasteiger partial charge in [-0.15, -0.1) is 0 Å². The summed E-state index contributed by atoms with van der Waals surface area (Å²) in [7, 11) is 2.01. The minimum absolute atomic E-state index is 0.0629. The van der Waals surface area contributed by atoms with E-state index in [1.54, 1.807) is 0 Å². The SMILES string of the molecule is CNC(C)(C)C1(c2cc[nH]c2)COC1. The van der Waals surface area contributed by atoms with Gasteiger partial charge in [-0.2, -0.15) is 0 Å². The first kappa shape index (κ1) is 9.74. The van der Waals surface area contributed by atoms with E-state index in [0.717, 1.165) is 13.2 Å². The summed E-state index contributed by atoms with van der Waals surface area (Å²) >= 11 is 0. The molecule has 14 heavy (non-hydrogen) atoms. The number of aromatic nitrogens is 1. The standard InChI is InChI=1S/C11H18N2O/c1-10(2,12-3)11(7-14-8-11)9-4-5-13-6-9/h4-6,12-13H,7-8H2,1-3H3. The highest BCUT2D eigenvalue weighted by Crippen LogP contribution is 2.41. The molecular weight excluding hydrogens is 176 g/mol. The van der Waals surface area contributed by atoms with Gasteiger partial charge >= 0.3 is 0 Å². The van der Waals surface area contributed by atoms with Crippen LogP contribution in [0.1, 0.15) is 19.4 Å². The monoisotopic (exact) mass is 194 g/mol. The van der Waals surface area contributed by atoms with Crippen LogP contribution in [0.4, 0.5) is 0 Å².